The average molecular weight is 252 g/mol. The van der Waals surface area contributed by atoms with Gasteiger partial charge in [-0.15, -0.1) is 10.2 Å². The second-order valence-electron chi connectivity index (χ2n) is 4.58. The van der Waals surface area contributed by atoms with Crippen LogP contribution in [0.15, 0.2) is 4.42 Å². The van der Waals surface area contributed by atoms with Crippen molar-refractivity contribution < 1.29 is 9.21 Å². The molecule has 6 nitrogen and oxygen atoms in total. The number of aryl methyl sites for hydroxylation is 1. The van der Waals surface area contributed by atoms with Gasteiger partial charge in [0.1, 0.15) is 0 Å². The smallest absolute Gasteiger partial charge is 0.230 e. The molecule has 1 saturated heterocycles. The van der Waals surface area contributed by atoms with Gasteiger partial charge in [-0.2, -0.15) is 0 Å². The van der Waals surface area contributed by atoms with E-state index in [0.717, 1.165) is 39.0 Å². The topological polar surface area (TPSA) is 62.5 Å². The van der Waals surface area contributed by atoms with Gasteiger partial charge < -0.3 is 9.32 Å². The minimum absolute atomic E-state index is 0.155. The molecule has 1 fully saturated rings. The summed E-state index contributed by atoms with van der Waals surface area (Å²) in [4.78, 5) is 15.5. The lowest BCUT2D eigenvalue weighted by molar-refractivity contribution is -0.128. The summed E-state index contributed by atoms with van der Waals surface area (Å²) in [7, 11) is 0. The number of rotatable bonds is 3. The van der Waals surface area contributed by atoms with E-state index in [0.29, 0.717) is 18.3 Å². The van der Waals surface area contributed by atoms with Crippen molar-refractivity contribution in [1.82, 2.24) is 20.0 Å². The molecule has 0 spiro atoms. The molecule has 6 heteroatoms. The molecular formula is C12H20N4O2. The van der Waals surface area contributed by atoms with Gasteiger partial charge in [0.2, 0.25) is 17.7 Å². The zero-order valence-electron chi connectivity index (χ0n) is 11.1. The maximum absolute atomic E-state index is 11.3. The van der Waals surface area contributed by atoms with E-state index in [4.69, 9.17) is 4.42 Å². The standard InChI is InChI=1S/C12H20N4O2/c1-3-11-13-14-12(18-11)9-15-5-4-6-16(8-7-15)10(2)17/h3-9H2,1-2H3. The van der Waals surface area contributed by atoms with E-state index in [9.17, 15) is 4.79 Å². The van der Waals surface area contributed by atoms with E-state index in [-0.39, 0.29) is 5.91 Å². The Balaban J connectivity index is 1.88. The fourth-order valence-electron chi connectivity index (χ4n) is 2.13. The first kappa shape index (κ1) is 13.0. The van der Waals surface area contributed by atoms with Crippen LogP contribution >= 0.6 is 0 Å². The Kier molecular flexibility index (Phi) is 4.30. The van der Waals surface area contributed by atoms with Crippen LogP contribution in [0, 0.1) is 0 Å². The molecule has 1 amide bonds. The zero-order chi connectivity index (χ0) is 13.0. The number of aromatic nitrogens is 2. The molecular weight excluding hydrogens is 232 g/mol. The Labute approximate surface area is 107 Å². The van der Waals surface area contributed by atoms with Crippen LogP contribution in [0.4, 0.5) is 0 Å². The summed E-state index contributed by atoms with van der Waals surface area (Å²) in [5, 5.41) is 7.99. The molecule has 0 N–H and O–H groups in total. The van der Waals surface area contributed by atoms with Gasteiger partial charge in [0.15, 0.2) is 0 Å². The molecule has 0 radical (unpaired) electrons. The summed E-state index contributed by atoms with van der Waals surface area (Å²) < 4.78 is 5.51. The van der Waals surface area contributed by atoms with Gasteiger partial charge in [-0.25, -0.2) is 0 Å². The van der Waals surface area contributed by atoms with Crippen LogP contribution in [-0.4, -0.2) is 52.1 Å². The van der Waals surface area contributed by atoms with Crippen molar-refractivity contribution in [2.24, 2.45) is 0 Å². The highest BCUT2D eigenvalue weighted by atomic mass is 16.4. The number of hydrogen-bond donors (Lipinski definition) is 0. The van der Waals surface area contributed by atoms with E-state index in [1.807, 2.05) is 11.8 Å². The summed E-state index contributed by atoms with van der Waals surface area (Å²) in [6.45, 7) is 7.75. The highest BCUT2D eigenvalue weighted by Crippen LogP contribution is 2.08. The predicted octanol–water partition coefficient (Wildman–Crippen LogP) is 0.686. The third-order valence-corrected chi connectivity index (χ3v) is 3.20. The molecule has 1 aromatic heterocycles. The average Bonchev–Trinajstić information content (AvgIpc) is 2.66. The Morgan fingerprint density at radius 1 is 1.22 bits per heavy atom. The minimum Gasteiger partial charge on any atom is -0.424 e. The van der Waals surface area contributed by atoms with Crippen molar-refractivity contribution in [3.05, 3.63) is 11.8 Å². The molecule has 2 rings (SSSR count). The third-order valence-electron chi connectivity index (χ3n) is 3.20. The number of carbonyl (C=O) groups is 1. The lowest BCUT2D eigenvalue weighted by atomic mass is 10.4. The number of nitrogens with zero attached hydrogens (tertiary/aromatic N) is 4. The first-order valence-corrected chi connectivity index (χ1v) is 6.48. The SMILES string of the molecule is CCc1nnc(CN2CCCN(C(C)=O)CC2)o1. The fraction of sp³-hybridized carbons (Fsp3) is 0.750. The van der Waals surface area contributed by atoms with Crippen molar-refractivity contribution in [2.75, 3.05) is 26.2 Å². The number of hydrogen-bond acceptors (Lipinski definition) is 5. The quantitative estimate of drug-likeness (QED) is 0.792. The Morgan fingerprint density at radius 3 is 2.67 bits per heavy atom. The molecule has 0 aromatic carbocycles. The molecule has 0 unspecified atom stereocenters. The van der Waals surface area contributed by atoms with Crippen molar-refractivity contribution in [3.63, 3.8) is 0 Å². The van der Waals surface area contributed by atoms with Gasteiger partial charge in [-0.05, 0) is 6.42 Å². The van der Waals surface area contributed by atoms with Crippen molar-refractivity contribution in [1.29, 1.82) is 0 Å². The fourth-order valence-corrected chi connectivity index (χ4v) is 2.13. The zero-order valence-corrected chi connectivity index (χ0v) is 11.1. The summed E-state index contributed by atoms with van der Waals surface area (Å²) in [5.74, 6) is 1.51. The van der Waals surface area contributed by atoms with Gasteiger partial charge >= 0.3 is 0 Å². The van der Waals surface area contributed by atoms with Crippen LogP contribution in [0.2, 0.25) is 0 Å². The highest BCUT2D eigenvalue weighted by molar-refractivity contribution is 5.73. The molecule has 0 atom stereocenters. The largest absolute Gasteiger partial charge is 0.424 e. The van der Waals surface area contributed by atoms with E-state index < -0.39 is 0 Å². The van der Waals surface area contributed by atoms with Crippen LogP contribution in [0.3, 0.4) is 0 Å². The van der Waals surface area contributed by atoms with Crippen molar-refractivity contribution >= 4 is 5.91 Å². The molecule has 100 valence electrons. The monoisotopic (exact) mass is 252 g/mol. The van der Waals surface area contributed by atoms with Crippen molar-refractivity contribution in [3.8, 4) is 0 Å². The molecule has 0 saturated carbocycles. The molecule has 0 aliphatic carbocycles. The molecule has 2 heterocycles. The summed E-state index contributed by atoms with van der Waals surface area (Å²) >= 11 is 0. The molecule has 1 aromatic rings. The van der Waals surface area contributed by atoms with Gasteiger partial charge in [0.25, 0.3) is 0 Å². The van der Waals surface area contributed by atoms with Crippen molar-refractivity contribution in [2.45, 2.75) is 33.2 Å². The van der Waals surface area contributed by atoms with E-state index in [1.165, 1.54) is 0 Å². The van der Waals surface area contributed by atoms with Crippen LogP contribution in [-0.2, 0) is 17.8 Å². The lowest BCUT2D eigenvalue weighted by Gasteiger charge is -2.19. The van der Waals surface area contributed by atoms with Crippen LogP contribution in [0.1, 0.15) is 32.0 Å². The predicted molar refractivity (Wildman–Crippen MR) is 65.8 cm³/mol. The summed E-state index contributed by atoms with van der Waals surface area (Å²) in [6, 6.07) is 0. The molecule has 1 aliphatic rings. The molecule has 1 aliphatic heterocycles. The molecule has 0 bridgehead atoms. The third kappa shape index (κ3) is 3.29. The number of carbonyl (C=O) groups excluding carboxylic acids is 1. The summed E-state index contributed by atoms with van der Waals surface area (Å²) in [6.07, 6.45) is 1.76. The van der Waals surface area contributed by atoms with Crippen LogP contribution < -0.4 is 0 Å². The van der Waals surface area contributed by atoms with Crippen LogP contribution in [0.5, 0.6) is 0 Å². The Hall–Kier alpha value is -1.43. The maximum Gasteiger partial charge on any atom is 0.230 e. The maximum atomic E-state index is 11.3. The van der Waals surface area contributed by atoms with Gasteiger partial charge in [-0.1, -0.05) is 6.92 Å². The summed E-state index contributed by atoms with van der Waals surface area (Å²) in [5.41, 5.74) is 0. The Morgan fingerprint density at radius 2 is 2.00 bits per heavy atom. The second kappa shape index (κ2) is 5.95. The van der Waals surface area contributed by atoms with E-state index in [2.05, 4.69) is 15.1 Å². The van der Waals surface area contributed by atoms with Gasteiger partial charge in [0.05, 0.1) is 6.54 Å². The first-order chi connectivity index (χ1) is 8.69. The first-order valence-electron chi connectivity index (χ1n) is 6.48. The molecule has 18 heavy (non-hydrogen) atoms. The van der Waals surface area contributed by atoms with E-state index in [1.54, 1.807) is 6.92 Å². The second-order valence-corrected chi connectivity index (χ2v) is 4.58. The lowest BCUT2D eigenvalue weighted by Crippen LogP contribution is -2.33. The van der Waals surface area contributed by atoms with Crippen LogP contribution in [0.25, 0.3) is 0 Å². The highest BCUT2D eigenvalue weighted by Gasteiger charge is 2.18. The number of amides is 1. The normalized spacial score (nSPS) is 17.8. The minimum atomic E-state index is 0.155. The van der Waals surface area contributed by atoms with Gasteiger partial charge in [0, 0.05) is 39.5 Å². The van der Waals surface area contributed by atoms with Gasteiger partial charge in [-0.3, -0.25) is 9.69 Å². The Bertz CT molecular complexity index is 405. The van der Waals surface area contributed by atoms with E-state index >= 15 is 0 Å².